The maximum absolute atomic E-state index is 12.9. The van der Waals surface area contributed by atoms with Crippen LogP contribution in [0.4, 0.5) is 0 Å². The summed E-state index contributed by atoms with van der Waals surface area (Å²) in [5, 5.41) is 0. The molecule has 0 bridgehead atoms. The largest absolute Gasteiger partial charge is 0.496 e. The fourth-order valence-electron chi connectivity index (χ4n) is 2.66. The molecule has 0 saturated heterocycles. The summed E-state index contributed by atoms with van der Waals surface area (Å²) in [6.07, 6.45) is 5.37. The van der Waals surface area contributed by atoms with E-state index in [1.165, 1.54) is 0 Å². The first-order chi connectivity index (χ1) is 12.3. The second kappa shape index (κ2) is 8.15. The average molecular weight is 336 g/mol. The van der Waals surface area contributed by atoms with Crippen LogP contribution < -0.4 is 4.74 Å². The number of benzene rings is 1. The summed E-state index contributed by atoms with van der Waals surface area (Å²) in [6, 6.07) is 15.1. The van der Waals surface area contributed by atoms with Crippen LogP contribution in [0.1, 0.15) is 16.9 Å². The Morgan fingerprint density at radius 2 is 2.00 bits per heavy atom. The van der Waals surface area contributed by atoms with Crippen molar-refractivity contribution in [1.82, 2.24) is 9.88 Å². The van der Waals surface area contributed by atoms with E-state index in [9.17, 15) is 4.79 Å². The molecule has 25 heavy (non-hydrogen) atoms. The monoisotopic (exact) mass is 336 g/mol. The van der Waals surface area contributed by atoms with Crippen molar-refractivity contribution in [3.63, 3.8) is 0 Å². The van der Waals surface area contributed by atoms with Gasteiger partial charge in [0.1, 0.15) is 11.5 Å². The average Bonchev–Trinajstić information content (AvgIpc) is 3.15. The number of aromatic nitrogens is 1. The van der Waals surface area contributed by atoms with Crippen LogP contribution in [0.5, 0.6) is 5.75 Å². The molecule has 0 radical (unpaired) electrons. The summed E-state index contributed by atoms with van der Waals surface area (Å²) in [6.45, 7) is 0.887. The maximum Gasteiger partial charge on any atom is 0.227 e. The number of para-hydroxylation sites is 1. The number of amides is 1. The molecule has 5 nitrogen and oxygen atoms in total. The molecule has 0 unspecified atom stereocenters. The van der Waals surface area contributed by atoms with Gasteiger partial charge >= 0.3 is 0 Å². The molecular formula is C20H20N2O3. The number of hydrogen-bond acceptors (Lipinski definition) is 4. The van der Waals surface area contributed by atoms with Crippen LogP contribution in [0.2, 0.25) is 0 Å². The molecule has 0 saturated carbocycles. The van der Waals surface area contributed by atoms with Crippen molar-refractivity contribution < 1.29 is 13.9 Å². The summed E-state index contributed by atoms with van der Waals surface area (Å²) >= 11 is 0. The highest BCUT2D eigenvalue weighted by Crippen LogP contribution is 2.20. The number of carbonyl (C=O) groups is 1. The molecule has 3 aromatic rings. The number of methoxy groups -OCH3 is 1. The Morgan fingerprint density at radius 3 is 2.72 bits per heavy atom. The van der Waals surface area contributed by atoms with E-state index < -0.39 is 0 Å². The quantitative estimate of drug-likeness (QED) is 0.663. The second-order valence-electron chi connectivity index (χ2n) is 5.68. The predicted octanol–water partition coefficient (Wildman–Crippen LogP) is 3.45. The normalized spacial score (nSPS) is 10.4. The van der Waals surface area contributed by atoms with Gasteiger partial charge in [0.25, 0.3) is 0 Å². The molecule has 0 aliphatic rings. The van der Waals surface area contributed by atoms with Crippen LogP contribution in [0.15, 0.2) is 71.6 Å². The minimum absolute atomic E-state index is 0.00440. The smallest absolute Gasteiger partial charge is 0.227 e. The fourth-order valence-corrected chi connectivity index (χ4v) is 2.66. The maximum atomic E-state index is 12.9. The number of nitrogens with zero attached hydrogens (tertiary/aromatic N) is 2. The number of ether oxygens (including phenoxy) is 1. The van der Waals surface area contributed by atoms with Crippen molar-refractivity contribution in [2.45, 2.75) is 19.5 Å². The van der Waals surface area contributed by atoms with Crippen molar-refractivity contribution in [2.24, 2.45) is 0 Å². The minimum atomic E-state index is 0.00440. The molecule has 5 heteroatoms. The van der Waals surface area contributed by atoms with Crippen molar-refractivity contribution >= 4 is 5.91 Å². The zero-order valence-corrected chi connectivity index (χ0v) is 14.1. The van der Waals surface area contributed by atoms with Gasteiger partial charge in [0.05, 0.1) is 26.3 Å². The summed E-state index contributed by atoms with van der Waals surface area (Å²) < 4.78 is 10.8. The lowest BCUT2D eigenvalue weighted by Crippen LogP contribution is -2.31. The summed E-state index contributed by atoms with van der Waals surface area (Å²) in [4.78, 5) is 18.8. The van der Waals surface area contributed by atoms with Crippen molar-refractivity contribution in [1.29, 1.82) is 0 Å². The molecule has 1 amide bonds. The fraction of sp³-hybridized carbons (Fsp3) is 0.200. The van der Waals surface area contributed by atoms with E-state index in [4.69, 9.17) is 9.15 Å². The number of pyridine rings is 1. The van der Waals surface area contributed by atoms with Gasteiger partial charge in [-0.1, -0.05) is 24.3 Å². The van der Waals surface area contributed by atoms with Crippen molar-refractivity contribution in [3.8, 4) is 5.75 Å². The molecule has 128 valence electrons. The van der Waals surface area contributed by atoms with Gasteiger partial charge in [0.15, 0.2) is 0 Å². The topological polar surface area (TPSA) is 55.6 Å². The first kappa shape index (κ1) is 16.8. The van der Waals surface area contributed by atoms with E-state index in [1.54, 1.807) is 30.7 Å². The van der Waals surface area contributed by atoms with Crippen molar-refractivity contribution in [2.75, 3.05) is 7.11 Å². The lowest BCUT2D eigenvalue weighted by atomic mass is 10.1. The first-order valence-electron chi connectivity index (χ1n) is 8.07. The summed E-state index contributed by atoms with van der Waals surface area (Å²) in [5.41, 5.74) is 1.84. The van der Waals surface area contributed by atoms with Crippen LogP contribution in [0, 0.1) is 0 Å². The van der Waals surface area contributed by atoms with E-state index in [-0.39, 0.29) is 12.3 Å². The Bertz CT molecular complexity index is 801. The van der Waals surface area contributed by atoms with Gasteiger partial charge in [0, 0.05) is 24.5 Å². The van der Waals surface area contributed by atoms with E-state index in [2.05, 4.69) is 4.98 Å². The summed E-state index contributed by atoms with van der Waals surface area (Å²) in [5.74, 6) is 1.47. The van der Waals surface area contributed by atoms with Crippen molar-refractivity contribution in [3.05, 3.63) is 84.1 Å². The molecule has 0 aliphatic carbocycles. The van der Waals surface area contributed by atoms with Gasteiger partial charge in [-0.3, -0.25) is 9.78 Å². The third kappa shape index (κ3) is 4.47. The molecule has 3 rings (SSSR count). The Balaban J connectivity index is 1.78. The number of rotatable bonds is 7. The highest BCUT2D eigenvalue weighted by molar-refractivity contribution is 5.79. The van der Waals surface area contributed by atoms with E-state index in [0.29, 0.717) is 13.1 Å². The predicted molar refractivity (Wildman–Crippen MR) is 93.9 cm³/mol. The van der Waals surface area contributed by atoms with Gasteiger partial charge in [-0.2, -0.15) is 0 Å². The molecule has 0 atom stereocenters. The lowest BCUT2D eigenvalue weighted by molar-refractivity contribution is -0.132. The van der Waals surface area contributed by atoms with Crippen LogP contribution >= 0.6 is 0 Å². The van der Waals surface area contributed by atoms with Gasteiger partial charge in [-0.25, -0.2) is 0 Å². The van der Waals surface area contributed by atoms with Gasteiger partial charge < -0.3 is 14.1 Å². The highest BCUT2D eigenvalue weighted by Gasteiger charge is 2.18. The third-order valence-corrected chi connectivity index (χ3v) is 3.91. The first-order valence-corrected chi connectivity index (χ1v) is 8.07. The van der Waals surface area contributed by atoms with Gasteiger partial charge in [-0.15, -0.1) is 0 Å². The van der Waals surface area contributed by atoms with Crippen LogP contribution in [-0.2, 0) is 24.3 Å². The molecule has 0 N–H and O–H groups in total. The third-order valence-electron chi connectivity index (χ3n) is 3.91. The Labute approximate surface area is 146 Å². The van der Waals surface area contributed by atoms with Crippen LogP contribution in [-0.4, -0.2) is 22.9 Å². The van der Waals surface area contributed by atoms with E-state index in [1.807, 2.05) is 48.5 Å². The minimum Gasteiger partial charge on any atom is -0.496 e. The second-order valence-corrected chi connectivity index (χ2v) is 5.68. The lowest BCUT2D eigenvalue weighted by Gasteiger charge is -2.22. The molecule has 0 fully saturated rings. The number of carbonyl (C=O) groups excluding carboxylic acids is 1. The Kier molecular flexibility index (Phi) is 5.46. The molecule has 0 spiro atoms. The zero-order valence-electron chi connectivity index (χ0n) is 14.1. The molecular weight excluding hydrogens is 316 g/mol. The summed E-state index contributed by atoms with van der Waals surface area (Å²) in [7, 11) is 1.61. The SMILES string of the molecule is COc1ccccc1CC(=O)N(Cc1cccnc1)Cc1ccco1. The van der Waals surface area contributed by atoms with E-state index >= 15 is 0 Å². The molecule has 2 heterocycles. The molecule has 2 aromatic heterocycles. The Hall–Kier alpha value is -3.08. The zero-order chi connectivity index (χ0) is 17.5. The molecule has 0 aliphatic heterocycles. The van der Waals surface area contributed by atoms with Crippen LogP contribution in [0.3, 0.4) is 0 Å². The van der Waals surface area contributed by atoms with E-state index in [0.717, 1.165) is 22.6 Å². The number of furan rings is 1. The van der Waals surface area contributed by atoms with Gasteiger partial charge in [-0.05, 0) is 29.8 Å². The highest BCUT2D eigenvalue weighted by atomic mass is 16.5. The van der Waals surface area contributed by atoms with Gasteiger partial charge in [0.2, 0.25) is 5.91 Å². The number of hydrogen-bond donors (Lipinski definition) is 0. The van der Waals surface area contributed by atoms with Crippen LogP contribution in [0.25, 0.3) is 0 Å². The Morgan fingerprint density at radius 1 is 1.12 bits per heavy atom. The molecule has 1 aromatic carbocycles. The standard InChI is InChI=1S/C20H20N2O3/c1-24-19-9-3-2-7-17(19)12-20(23)22(15-18-8-5-11-25-18)14-16-6-4-10-21-13-16/h2-11,13H,12,14-15H2,1H3.